The smallest absolute Gasteiger partial charge is 0.226 e. The largest absolute Gasteiger partial charge is 0.444 e. The molecule has 0 amide bonds. The average molecular weight is 1620 g/mol. The molecule has 0 radical (unpaired) electrons. The first kappa shape index (κ1) is 105. The van der Waals surface area contributed by atoms with Gasteiger partial charge in [-0.3, -0.25) is 0 Å². The average Bonchev–Trinajstić information content (AvgIpc) is 1.68. The Morgan fingerprint density at radius 2 is 0.983 bits per heavy atom. The lowest BCUT2D eigenvalue weighted by Crippen LogP contribution is -2.14. The molecule has 0 aliphatic heterocycles. The van der Waals surface area contributed by atoms with Gasteiger partial charge in [0.1, 0.15) is 12.0 Å². The van der Waals surface area contributed by atoms with E-state index in [2.05, 4.69) is 331 Å². The summed E-state index contributed by atoms with van der Waals surface area (Å²) in [6.07, 6.45) is 13.7. The second kappa shape index (κ2) is 53.1. The van der Waals surface area contributed by atoms with Crippen LogP contribution in [0.25, 0.3) is 11.5 Å². The van der Waals surface area contributed by atoms with E-state index in [-0.39, 0.29) is 16.2 Å². The van der Waals surface area contributed by atoms with E-state index in [1.165, 1.54) is 102 Å². The zero-order valence-corrected chi connectivity index (χ0v) is 80.6. The van der Waals surface area contributed by atoms with Crippen LogP contribution < -0.4 is 10.2 Å². The van der Waals surface area contributed by atoms with Crippen molar-refractivity contribution in [2.45, 2.75) is 330 Å². The van der Waals surface area contributed by atoms with Gasteiger partial charge in [-0.2, -0.15) is 0 Å². The van der Waals surface area contributed by atoms with E-state index in [0.29, 0.717) is 35.5 Å². The molecule has 0 spiro atoms. The maximum atomic E-state index is 9.58. The van der Waals surface area contributed by atoms with Crippen molar-refractivity contribution in [3.8, 4) is 11.5 Å². The van der Waals surface area contributed by atoms with Crippen molar-refractivity contribution in [3.63, 3.8) is 0 Å². The third kappa shape index (κ3) is 43.3. The molecule has 2 aliphatic rings. The van der Waals surface area contributed by atoms with Crippen LogP contribution in [-0.4, -0.2) is 35.9 Å². The number of hydrogen-bond acceptors (Lipinski definition) is 8. The number of aliphatic hydroxyl groups is 1. The summed E-state index contributed by atoms with van der Waals surface area (Å²) in [5, 5.41) is 17.7. The van der Waals surface area contributed by atoms with Gasteiger partial charge in [0.05, 0.1) is 17.0 Å². The fourth-order valence-corrected chi connectivity index (χ4v) is 12.7. The van der Waals surface area contributed by atoms with Crippen LogP contribution in [0.2, 0.25) is 5.02 Å². The fraction of sp³-hybridized carbons (Fsp3) is 0.514. The van der Waals surface area contributed by atoms with Gasteiger partial charge in [-0.15, -0.1) is 11.3 Å². The van der Waals surface area contributed by atoms with E-state index in [0.717, 1.165) is 63.3 Å². The van der Waals surface area contributed by atoms with Crippen molar-refractivity contribution in [2.24, 2.45) is 11.8 Å². The topological polar surface area (TPSA) is 87.6 Å². The van der Waals surface area contributed by atoms with Gasteiger partial charge in [0.2, 0.25) is 5.89 Å². The molecular weight excluding hydrogens is 1460 g/mol. The summed E-state index contributed by atoms with van der Waals surface area (Å²) in [6, 6.07) is 65.8. The first-order valence-corrected chi connectivity index (χ1v) is 44.9. The van der Waals surface area contributed by atoms with Gasteiger partial charge in [-0.05, 0) is 224 Å². The van der Waals surface area contributed by atoms with Crippen molar-refractivity contribution < 1.29 is 14.0 Å². The molecule has 2 aliphatic carbocycles. The minimum atomic E-state index is -0.715. The number of rotatable bonds is 14. The van der Waals surface area contributed by atoms with E-state index in [1.807, 2.05) is 103 Å². The maximum Gasteiger partial charge on any atom is 0.226 e. The van der Waals surface area contributed by atoms with Gasteiger partial charge in [0, 0.05) is 63.8 Å². The molecule has 1 saturated carbocycles. The lowest BCUT2D eigenvalue weighted by molar-refractivity contribution is 0.0786. The molecule has 640 valence electrons. The lowest BCUT2D eigenvalue weighted by atomic mass is 9.86. The third-order valence-electron chi connectivity index (χ3n) is 19.0. The first-order valence-electron chi connectivity index (χ1n) is 43.7. The summed E-state index contributed by atoms with van der Waals surface area (Å²) >= 11 is 7.86. The number of fused-ring (bicyclic) bond motifs is 1. The summed E-state index contributed by atoms with van der Waals surface area (Å²) < 4.78 is 10.6. The van der Waals surface area contributed by atoms with Gasteiger partial charge < -0.3 is 24.3 Å². The van der Waals surface area contributed by atoms with Crippen LogP contribution in [0, 0.1) is 25.7 Å². The number of benzene rings is 7. The van der Waals surface area contributed by atoms with Gasteiger partial charge >= 0.3 is 0 Å². The molecule has 0 bridgehead atoms. The number of aromatic nitrogens is 2. The Bertz CT molecular complexity index is 3960. The minimum absolute atomic E-state index is 0.0696. The lowest BCUT2D eigenvalue weighted by Gasteiger charge is -2.19. The van der Waals surface area contributed by atoms with Crippen LogP contribution in [0.3, 0.4) is 0 Å². The Hall–Kier alpha value is -7.49. The molecule has 2 N–H and O–H groups in total. The Morgan fingerprint density at radius 3 is 1.36 bits per heavy atom. The highest BCUT2D eigenvalue weighted by Crippen LogP contribution is 2.40. The molecule has 0 saturated heterocycles. The molecule has 12 rings (SSSR count). The predicted octanol–water partition coefficient (Wildman–Crippen LogP) is 32.8. The van der Waals surface area contributed by atoms with Crippen LogP contribution in [0.5, 0.6) is 0 Å². The quantitative estimate of drug-likeness (QED) is 0.112. The van der Waals surface area contributed by atoms with E-state index >= 15 is 0 Å². The Labute approximate surface area is 719 Å². The number of anilines is 2. The number of oxazole rings is 1. The standard InChI is InChI=1S/C14H22.C12H13NO.C12H16.C11H17N.C11H16S.C11H16.C10H14ClN.C10H17NO.C10H14O.2C3H8/c1-11(2)10-12-6-8-13(9-7-12)14(3,4)5;1-9(2)11-8-14-12(13-11)10-6-4-3-5-7-10;1-9(2)10-3-5-11(6-4-10)12-7-8-12;1-9(2)10-5-7-11(8-6-10)12(3)4;1-8(2)11-7-9-5-3-4-6-10(9)12-11;1-9-5-7-10(8-6-9)11(2,3)4;1-8(2)7-12-10-5-3-4-9(11)6-10;1-7(2)8-6-9(12-11-8)10(3,4)5;1-8-4-6-9(7-5-8)10(2,3)11;2*1-3-2/h6-9,11H,10H2,1-5H3;3-9H,1-2H3;3-6,9,12H,7-8H2,1-2H3;5-9H,1-4H3;7-8H,3-6H2,1-2H3;5-8H,1-4H3;3-6,8,12H,7H2,1-2H3;6-7H,1-5H3;4-7,11H,1-3H3;2*3H2,1-2H3. The van der Waals surface area contributed by atoms with E-state index < -0.39 is 5.60 Å². The van der Waals surface area contributed by atoms with Gasteiger partial charge in [-0.1, -0.05) is 361 Å². The Kier molecular flexibility index (Phi) is 47.9. The van der Waals surface area contributed by atoms with Crippen LogP contribution in [-0.2, 0) is 41.1 Å². The number of hydrogen-bond donors (Lipinski definition) is 2. The minimum Gasteiger partial charge on any atom is -0.444 e. The Balaban J connectivity index is 0.000000439. The highest BCUT2D eigenvalue weighted by Gasteiger charge is 2.24. The van der Waals surface area contributed by atoms with Crippen LogP contribution in [0.15, 0.2) is 203 Å². The van der Waals surface area contributed by atoms with Crippen molar-refractivity contribution in [2.75, 3.05) is 30.9 Å². The number of nitrogens with one attached hydrogen (secondary N) is 1. The molecule has 116 heavy (non-hydrogen) atoms. The summed E-state index contributed by atoms with van der Waals surface area (Å²) in [7, 11) is 4.12. The van der Waals surface area contributed by atoms with Crippen molar-refractivity contribution in [1.29, 1.82) is 0 Å². The summed E-state index contributed by atoms with van der Waals surface area (Å²) in [5.74, 6) is 6.84. The maximum absolute atomic E-state index is 9.58. The second-order valence-electron chi connectivity index (χ2n) is 37.6. The predicted molar refractivity (Wildman–Crippen MR) is 514 cm³/mol. The summed E-state index contributed by atoms with van der Waals surface area (Å²) in [5.41, 5.74) is 19.2. The number of aryl methyl sites for hydroxylation is 4. The fourth-order valence-electron chi connectivity index (χ4n) is 11.3. The number of nitrogens with zero attached hydrogens (tertiary/aromatic N) is 3. The monoisotopic (exact) mass is 1620 g/mol. The number of halogens is 1. The molecule has 3 heterocycles. The van der Waals surface area contributed by atoms with Crippen LogP contribution in [0.1, 0.15) is 357 Å². The summed E-state index contributed by atoms with van der Waals surface area (Å²) in [6.45, 7) is 67.9. The van der Waals surface area contributed by atoms with Gasteiger partial charge in [-0.25, -0.2) is 4.98 Å². The van der Waals surface area contributed by atoms with Gasteiger partial charge in [0.15, 0.2) is 0 Å². The Morgan fingerprint density at radius 1 is 0.509 bits per heavy atom. The van der Waals surface area contributed by atoms with Crippen LogP contribution >= 0.6 is 22.9 Å². The molecule has 0 atom stereocenters. The molecule has 0 unspecified atom stereocenters. The van der Waals surface area contributed by atoms with Gasteiger partial charge in [0.25, 0.3) is 0 Å². The van der Waals surface area contributed by atoms with Crippen molar-refractivity contribution in [3.05, 3.63) is 282 Å². The molecule has 10 aromatic rings. The summed E-state index contributed by atoms with van der Waals surface area (Å²) in [4.78, 5) is 9.78. The zero-order valence-electron chi connectivity index (χ0n) is 79.1. The van der Waals surface area contributed by atoms with Crippen molar-refractivity contribution in [1.82, 2.24) is 10.1 Å². The molecule has 7 nitrogen and oxygen atoms in total. The molecule has 7 aromatic carbocycles. The van der Waals surface area contributed by atoms with Crippen LogP contribution in [0.4, 0.5) is 11.4 Å². The number of thiophene rings is 1. The van der Waals surface area contributed by atoms with Crippen molar-refractivity contribution >= 4 is 34.3 Å². The zero-order chi connectivity index (χ0) is 87.7. The molecular formula is C107H161ClN4O3S. The molecule has 1 fully saturated rings. The molecule has 9 heteroatoms. The second-order valence-corrected chi connectivity index (χ2v) is 39.2. The highest BCUT2D eigenvalue weighted by molar-refractivity contribution is 7.12. The third-order valence-corrected chi connectivity index (χ3v) is 20.8. The normalized spacial score (nSPS) is 12.2. The highest BCUT2D eigenvalue weighted by atomic mass is 35.5. The molecule has 3 aromatic heterocycles. The SMILES string of the molecule is CC(C)CNc1cccc(Cl)c1.CC(C)Cc1ccc(C(C)(C)C)cc1.CC(C)c1cc(C(C)(C)C)on1.CC(C)c1cc2c(s1)CCCC2.CC(C)c1ccc(C2CC2)cc1.CC(C)c1ccc(N(C)C)cc1.CC(C)c1coc(-c2ccccc2)n1.CCC.CCC.Cc1ccc(C(C)(C)C)cc1.Cc1ccc(C(C)(C)O)cc1. The van der Waals surface area contributed by atoms with E-state index in [1.54, 1.807) is 41.0 Å². The first-order chi connectivity index (χ1) is 54.2. The van der Waals surface area contributed by atoms with E-state index in [4.69, 9.17) is 20.5 Å². The van der Waals surface area contributed by atoms with E-state index in [9.17, 15) is 5.11 Å².